The highest BCUT2D eigenvalue weighted by molar-refractivity contribution is 5.22. The van der Waals surface area contributed by atoms with E-state index >= 15 is 0 Å². The largest absolute Gasteiger partial charge is 0.372 e. The van der Waals surface area contributed by atoms with E-state index < -0.39 is 6.23 Å². The second-order valence-electron chi connectivity index (χ2n) is 2.82. The Kier molecular flexibility index (Phi) is 3.32. The second-order valence-corrected chi connectivity index (χ2v) is 2.82. The van der Waals surface area contributed by atoms with Crippen LogP contribution in [0.3, 0.4) is 0 Å². The van der Waals surface area contributed by atoms with Crippen molar-refractivity contribution in [3.63, 3.8) is 0 Å². The van der Waals surface area contributed by atoms with Gasteiger partial charge in [-0.3, -0.25) is 5.43 Å². The summed E-state index contributed by atoms with van der Waals surface area (Å²) < 4.78 is 0. The van der Waals surface area contributed by atoms with Crippen molar-refractivity contribution < 1.29 is 5.11 Å². The number of hydrogen-bond acceptors (Lipinski definition) is 4. The van der Waals surface area contributed by atoms with Gasteiger partial charge in [0.05, 0.1) is 0 Å². The number of aliphatic hydroxyl groups excluding tert-OH is 1. The van der Waals surface area contributed by atoms with Crippen molar-refractivity contribution in [2.24, 2.45) is 11.0 Å². The third-order valence-corrected chi connectivity index (χ3v) is 2.05. The van der Waals surface area contributed by atoms with Crippen LogP contribution in [0.4, 0.5) is 0 Å². The minimum absolute atomic E-state index is 0.321. The summed E-state index contributed by atoms with van der Waals surface area (Å²) >= 11 is 0. The minimum atomic E-state index is -0.519. The SMILES string of the molecule is C=NNC(O)C1CCNCC1. The summed E-state index contributed by atoms with van der Waals surface area (Å²) in [7, 11) is 0. The highest BCUT2D eigenvalue weighted by atomic mass is 16.3. The predicted octanol–water partition coefficient (Wildman–Crippen LogP) is -0.490. The molecule has 1 rings (SSSR count). The normalized spacial score (nSPS) is 22.6. The van der Waals surface area contributed by atoms with Gasteiger partial charge >= 0.3 is 0 Å². The number of hydrogen-bond donors (Lipinski definition) is 3. The van der Waals surface area contributed by atoms with E-state index in [-0.39, 0.29) is 0 Å². The van der Waals surface area contributed by atoms with Crippen LogP contribution in [0.5, 0.6) is 0 Å². The Morgan fingerprint density at radius 2 is 2.18 bits per heavy atom. The van der Waals surface area contributed by atoms with Crippen molar-refractivity contribution in [3.05, 3.63) is 0 Å². The van der Waals surface area contributed by atoms with E-state index in [9.17, 15) is 5.11 Å². The Hall–Kier alpha value is -0.610. The molecule has 1 heterocycles. The van der Waals surface area contributed by atoms with Gasteiger partial charge in [0.1, 0.15) is 6.23 Å². The van der Waals surface area contributed by atoms with Crippen molar-refractivity contribution in [3.8, 4) is 0 Å². The van der Waals surface area contributed by atoms with Gasteiger partial charge in [-0.25, -0.2) is 0 Å². The number of rotatable bonds is 3. The highest BCUT2D eigenvalue weighted by Gasteiger charge is 2.20. The number of aliphatic hydroxyl groups is 1. The van der Waals surface area contributed by atoms with E-state index in [0.29, 0.717) is 5.92 Å². The molecule has 0 aromatic heterocycles. The van der Waals surface area contributed by atoms with Crippen LogP contribution in [0.15, 0.2) is 5.10 Å². The average molecular weight is 157 g/mol. The summed E-state index contributed by atoms with van der Waals surface area (Å²) in [4.78, 5) is 0. The molecule has 0 aromatic carbocycles. The summed E-state index contributed by atoms with van der Waals surface area (Å²) in [5.74, 6) is 0.321. The van der Waals surface area contributed by atoms with Gasteiger partial charge in [0.2, 0.25) is 0 Å². The molecule has 0 aliphatic carbocycles. The molecule has 1 aliphatic heterocycles. The van der Waals surface area contributed by atoms with E-state index in [1.165, 1.54) is 0 Å². The summed E-state index contributed by atoms with van der Waals surface area (Å²) in [6.07, 6.45) is 1.49. The summed E-state index contributed by atoms with van der Waals surface area (Å²) in [5, 5.41) is 16.1. The average Bonchev–Trinajstić information content (AvgIpc) is 2.07. The predicted molar refractivity (Wildman–Crippen MR) is 44.3 cm³/mol. The molecule has 0 radical (unpaired) electrons. The minimum Gasteiger partial charge on any atom is -0.372 e. The van der Waals surface area contributed by atoms with Gasteiger partial charge in [0.15, 0.2) is 0 Å². The van der Waals surface area contributed by atoms with Crippen LogP contribution in [-0.2, 0) is 0 Å². The smallest absolute Gasteiger partial charge is 0.142 e. The first kappa shape index (κ1) is 8.49. The van der Waals surface area contributed by atoms with Crippen LogP contribution in [0.25, 0.3) is 0 Å². The fourth-order valence-electron chi connectivity index (χ4n) is 1.36. The zero-order valence-electron chi connectivity index (χ0n) is 6.58. The lowest BCUT2D eigenvalue weighted by molar-refractivity contribution is 0.0602. The first-order valence-corrected chi connectivity index (χ1v) is 3.94. The topological polar surface area (TPSA) is 56.7 Å². The lowest BCUT2D eigenvalue weighted by Gasteiger charge is -2.26. The molecule has 0 bridgehead atoms. The second kappa shape index (κ2) is 4.31. The van der Waals surface area contributed by atoms with E-state index in [1.54, 1.807) is 0 Å². The van der Waals surface area contributed by atoms with Crippen LogP contribution in [-0.4, -0.2) is 31.1 Å². The molecule has 0 spiro atoms. The van der Waals surface area contributed by atoms with E-state index in [2.05, 4.69) is 22.6 Å². The van der Waals surface area contributed by atoms with E-state index in [1.807, 2.05) is 0 Å². The van der Waals surface area contributed by atoms with Gasteiger partial charge < -0.3 is 10.4 Å². The maximum absolute atomic E-state index is 9.40. The first-order valence-electron chi connectivity index (χ1n) is 3.94. The third kappa shape index (κ3) is 2.48. The van der Waals surface area contributed by atoms with Crippen molar-refractivity contribution >= 4 is 6.72 Å². The molecule has 0 amide bonds. The fourth-order valence-corrected chi connectivity index (χ4v) is 1.36. The van der Waals surface area contributed by atoms with Crippen molar-refractivity contribution in [1.82, 2.24) is 10.7 Å². The van der Waals surface area contributed by atoms with E-state index in [0.717, 1.165) is 25.9 Å². The van der Waals surface area contributed by atoms with Crippen molar-refractivity contribution in [1.29, 1.82) is 0 Å². The van der Waals surface area contributed by atoms with Crippen molar-refractivity contribution in [2.45, 2.75) is 19.1 Å². The number of hydrazone groups is 1. The van der Waals surface area contributed by atoms with Gasteiger partial charge in [0.25, 0.3) is 0 Å². The standard InChI is InChI=1S/C7H15N3O/c1-8-10-7(11)6-2-4-9-5-3-6/h6-7,9-11H,1-5H2. The van der Waals surface area contributed by atoms with Gasteiger partial charge in [-0.1, -0.05) is 0 Å². The zero-order chi connectivity index (χ0) is 8.10. The van der Waals surface area contributed by atoms with Crippen LogP contribution < -0.4 is 10.7 Å². The third-order valence-electron chi connectivity index (χ3n) is 2.05. The molecular weight excluding hydrogens is 142 g/mol. The summed E-state index contributed by atoms with van der Waals surface area (Å²) in [6.45, 7) is 5.23. The van der Waals surface area contributed by atoms with Gasteiger partial charge in [-0.15, -0.1) is 0 Å². The monoisotopic (exact) mass is 157 g/mol. The Balaban J connectivity index is 2.26. The first-order chi connectivity index (χ1) is 5.34. The molecule has 1 unspecified atom stereocenters. The molecule has 1 fully saturated rings. The lowest BCUT2D eigenvalue weighted by atomic mass is 9.97. The van der Waals surface area contributed by atoms with E-state index in [4.69, 9.17) is 0 Å². The molecule has 4 nitrogen and oxygen atoms in total. The van der Waals surface area contributed by atoms with Crippen LogP contribution >= 0.6 is 0 Å². The molecule has 11 heavy (non-hydrogen) atoms. The molecule has 3 N–H and O–H groups in total. The Morgan fingerprint density at radius 3 is 2.73 bits per heavy atom. The molecule has 4 heteroatoms. The molecular formula is C7H15N3O. The highest BCUT2D eigenvalue weighted by Crippen LogP contribution is 2.14. The Bertz CT molecular complexity index is 123. The molecule has 0 saturated carbocycles. The number of nitrogens with one attached hydrogen (secondary N) is 2. The molecule has 1 aliphatic rings. The maximum atomic E-state index is 9.40. The quantitative estimate of drug-likeness (QED) is 0.294. The molecule has 1 atom stereocenters. The van der Waals surface area contributed by atoms with Crippen LogP contribution in [0, 0.1) is 5.92 Å². The Morgan fingerprint density at radius 1 is 1.55 bits per heavy atom. The van der Waals surface area contributed by atoms with Crippen LogP contribution in [0.1, 0.15) is 12.8 Å². The Labute approximate surface area is 66.7 Å². The molecule has 1 saturated heterocycles. The number of piperidine rings is 1. The number of nitrogens with zero attached hydrogens (tertiary/aromatic N) is 1. The van der Waals surface area contributed by atoms with Gasteiger partial charge in [-0.2, -0.15) is 5.10 Å². The van der Waals surface area contributed by atoms with Crippen molar-refractivity contribution in [2.75, 3.05) is 13.1 Å². The van der Waals surface area contributed by atoms with Gasteiger partial charge in [0, 0.05) is 12.6 Å². The zero-order valence-corrected chi connectivity index (χ0v) is 6.58. The molecule has 64 valence electrons. The maximum Gasteiger partial charge on any atom is 0.142 e. The van der Waals surface area contributed by atoms with Gasteiger partial charge in [-0.05, 0) is 25.9 Å². The molecule has 0 aromatic rings. The summed E-state index contributed by atoms with van der Waals surface area (Å²) in [6, 6.07) is 0. The lowest BCUT2D eigenvalue weighted by Crippen LogP contribution is -2.39. The fraction of sp³-hybridized carbons (Fsp3) is 0.857. The summed E-state index contributed by atoms with van der Waals surface area (Å²) in [5.41, 5.74) is 2.56. The van der Waals surface area contributed by atoms with Crippen LogP contribution in [0.2, 0.25) is 0 Å².